The van der Waals surface area contributed by atoms with Crippen LogP contribution in [0, 0.1) is 0 Å². The van der Waals surface area contributed by atoms with Gasteiger partial charge in [-0.3, -0.25) is 9.59 Å². The number of rotatable bonds is 6. The van der Waals surface area contributed by atoms with Gasteiger partial charge in [-0.2, -0.15) is 0 Å². The van der Waals surface area contributed by atoms with Crippen LogP contribution in [0.5, 0.6) is 5.75 Å². The number of anilines is 2. The van der Waals surface area contributed by atoms with Gasteiger partial charge in [-0.05, 0) is 61.4 Å². The molecule has 0 aromatic heterocycles. The molecule has 2 amide bonds. The molecule has 27 heavy (non-hydrogen) atoms. The summed E-state index contributed by atoms with van der Waals surface area (Å²) in [5, 5.41) is 2.85. The summed E-state index contributed by atoms with van der Waals surface area (Å²) in [5.41, 5.74) is 1.98. The first-order valence-corrected chi connectivity index (χ1v) is 9.03. The summed E-state index contributed by atoms with van der Waals surface area (Å²) in [7, 11) is 1.71. The van der Waals surface area contributed by atoms with Gasteiger partial charge >= 0.3 is 0 Å². The molecular formula is C21H24N2O4. The monoisotopic (exact) mass is 368 g/mol. The van der Waals surface area contributed by atoms with Gasteiger partial charge in [0, 0.05) is 37.5 Å². The molecule has 1 aliphatic rings. The quantitative estimate of drug-likeness (QED) is 0.848. The Labute approximate surface area is 159 Å². The highest BCUT2D eigenvalue weighted by Crippen LogP contribution is 2.19. The third-order valence-corrected chi connectivity index (χ3v) is 4.56. The van der Waals surface area contributed by atoms with Crippen LogP contribution in [0.15, 0.2) is 48.5 Å². The molecule has 1 N–H and O–H groups in total. The summed E-state index contributed by atoms with van der Waals surface area (Å²) in [6.45, 7) is 2.84. The predicted octanol–water partition coefficient (Wildman–Crippen LogP) is 3.48. The second-order valence-corrected chi connectivity index (χ2v) is 6.55. The summed E-state index contributed by atoms with van der Waals surface area (Å²) in [4.78, 5) is 25.3. The zero-order valence-electron chi connectivity index (χ0n) is 15.6. The van der Waals surface area contributed by atoms with Crippen LogP contribution in [0.4, 0.5) is 11.4 Å². The average molecular weight is 368 g/mol. The van der Waals surface area contributed by atoms with Gasteiger partial charge in [-0.15, -0.1) is 0 Å². The molecule has 1 saturated heterocycles. The molecule has 0 spiro atoms. The van der Waals surface area contributed by atoms with Crippen molar-refractivity contribution in [3.8, 4) is 5.75 Å². The van der Waals surface area contributed by atoms with Crippen LogP contribution < -0.4 is 15.0 Å². The van der Waals surface area contributed by atoms with Crippen molar-refractivity contribution in [3.63, 3.8) is 0 Å². The highest BCUT2D eigenvalue weighted by molar-refractivity contribution is 6.04. The lowest BCUT2D eigenvalue weighted by molar-refractivity contribution is -0.116. The molecule has 1 heterocycles. The first-order valence-electron chi connectivity index (χ1n) is 9.03. The van der Waals surface area contributed by atoms with Gasteiger partial charge in [0.05, 0.1) is 6.10 Å². The number of hydrogen-bond donors (Lipinski definition) is 1. The highest BCUT2D eigenvalue weighted by atomic mass is 16.5. The van der Waals surface area contributed by atoms with E-state index in [9.17, 15) is 9.59 Å². The number of hydrogen-bond acceptors (Lipinski definition) is 4. The fraction of sp³-hybridized carbons (Fsp3) is 0.333. The van der Waals surface area contributed by atoms with E-state index in [2.05, 4.69) is 5.32 Å². The molecule has 0 aliphatic carbocycles. The summed E-state index contributed by atoms with van der Waals surface area (Å²) in [6.07, 6.45) is 2.28. The molecule has 1 aliphatic heterocycles. The molecule has 0 unspecified atom stereocenters. The van der Waals surface area contributed by atoms with Crippen molar-refractivity contribution in [2.75, 3.05) is 30.5 Å². The van der Waals surface area contributed by atoms with Crippen LogP contribution in [0.25, 0.3) is 0 Å². The minimum Gasteiger partial charge on any atom is -0.491 e. The van der Waals surface area contributed by atoms with Crippen molar-refractivity contribution in [3.05, 3.63) is 54.1 Å². The van der Waals surface area contributed by atoms with Crippen molar-refractivity contribution in [2.24, 2.45) is 0 Å². The van der Waals surface area contributed by atoms with E-state index in [1.165, 1.54) is 6.92 Å². The van der Waals surface area contributed by atoms with Crippen LogP contribution in [0.1, 0.15) is 30.1 Å². The van der Waals surface area contributed by atoms with Crippen molar-refractivity contribution < 1.29 is 19.1 Å². The van der Waals surface area contributed by atoms with E-state index in [0.29, 0.717) is 17.9 Å². The highest BCUT2D eigenvalue weighted by Gasteiger charge is 2.16. The predicted molar refractivity (Wildman–Crippen MR) is 104 cm³/mol. The molecule has 6 heteroatoms. The molecule has 0 saturated carbocycles. The lowest BCUT2D eigenvalue weighted by Crippen LogP contribution is -2.22. The van der Waals surface area contributed by atoms with Gasteiger partial charge in [0.15, 0.2) is 0 Å². The first-order chi connectivity index (χ1) is 13.0. The van der Waals surface area contributed by atoms with Gasteiger partial charge in [0.25, 0.3) is 5.91 Å². The van der Waals surface area contributed by atoms with Gasteiger partial charge < -0.3 is 19.7 Å². The number of nitrogens with zero attached hydrogens (tertiary/aromatic N) is 1. The maximum absolute atomic E-state index is 12.4. The number of carbonyl (C=O) groups excluding carboxylic acids is 2. The lowest BCUT2D eigenvalue weighted by Gasteiger charge is -2.15. The summed E-state index contributed by atoms with van der Waals surface area (Å²) in [5.74, 6) is 0.473. The Balaban J connectivity index is 1.55. The van der Waals surface area contributed by atoms with Crippen LogP contribution in [-0.4, -0.2) is 38.2 Å². The topological polar surface area (TPSA) is 67.9 Å². The average Bonchev–Trinajstić information content (AvgIpc) is 3.20. The van der Waals surface area contributed by atoms with E-state index in [1.54, 1.807) is 60.5 Å². The molecule has 142 valence electrons. The Bertz CT molecular complexity index is 781. The zero-order chi connectivity index (χ0) is 19.2. The standard InChI is InChI=1S/C21H24N2O4/c1-15(24)23(2)18-9-7-17(8-10-18)22-21(25)16-5-11-19(12-6-16)27-14-20-4-3-13-26-20/h5-12,20H,3-4,13-14H2,1-2H3,(H,22,25)/t20-/m0/s1. The number of benzene rings is 2. The van der Waals surface area contributed by atoms with Crippen LogP contribution >= 0.6 is 0 Å². The fourth-order valence-electron chi connectivity index (χ4n) is 2.82. The second kappa shape index (κ2) is 8.68. The Kier molecular flexibility index (Phi) is 6.08. The van der Waals surface area contributed by atoms with E-state index in [1.807, 2.05) is 0 Å². The first kappa shape index (κ1) is 18.9. The van der Waals surface area contributed by atoms with Crippen molar-refractivity contribution in [2.45, 2.75) is 25.9 Å². The Hall–Kier alpha value is -2.86. The molecule has 0 radical (unpaired) electrons. The Morgan fingerprint density at radius 3 is 2.44 bits per heavy atom. The van der Waals surface area contributed by atoms with E-state index in [4.69, 9.17) is 9.47 Å². The molecule has 2 aromatic rings. The SMILES string of the molecule is CC(=O)N(C)c1ccc(NC(=O)c2ccc(OC[C@@H]3CCCO3)cc2)cc1. The maximum Gasteiger partial charge on any atom is 0.255 e. The number of nitrogens with one attached hydrogen (secondary N) is 1. The third-order valence-electron chi connectivity index (χ3n) is 4.56. The Morgan fingerprint density at radius 2 is 1.85 bits per heavy atom. The molecule has 0 bridgehead atoms. The van der Waals surface area contributed by atoms with E-state index < -0.39 is 0 Å². The van der Waals surface area contributed by atoms with E-state index in [-0.39, 0.29) is 17.9 Å². The van der Waals surface area contributed by atoms with Crippen molar-refractivity contribution >= 4 is 23.2 Å². The molecular weight excluding hydrogens is 344 g/mol. The summed E-state index contributed by atoms with van der Waals surface area (Å²) in [6, 6.07) is 14.2. The Morgan fingerprint density at radius 1 is 1.15 bits per heavy atom. The van der Waals surface area contributed by atoms with Crippen molar-refractivity contribution in [1.29, 1.82) is 0 Å². The summed E-state index contributed by atoms with van der Waals surface area (Å²) >= 11 is 0. The normalized spacial score (nSPS) is 16.0. The van der Waals surface area contributed by atoms with Gasteiger partial charge in [0.2, 0.25) is 5.91 Å². The number of carbonyl (C=O) groups is 2. The molecule has 1 atom stereocenters. The van der Waals surface area contributed by atoms with Crippen LogP contribution in [0.3, 0.4) is 0 Å². The van der Waals surface area contributed by atoms with E-state index in [0.717, 1.165) is 30.9 Å². The van der Waals surface area contributed by atoms with Gasteiger partial charge in [-0.1, -0.05) is 0 Å². The molecule has 2 aromatic carbocycles. The minimum atomic E-state index is -0.201. The largest absolute Gasteiger partial charge is 0.491 e. The second-order valence-electron chi connectivity index (χ2n) is 6.55. The smallest absolute Gasteiger partial charge is 0.255 e. The zero-order valence-corrected chi connectivity index (χ0v) is 15.6. The minimum absolute atomic E-state index is 0.0476. The maximum atomic E-state index is 12.4. The molecule has 1 fully saturated rings. The molecule has 6 nitrogen and oxygen atoms in total. The number of amides is 2. The van der Waals surface area contributed by atoms with Crippen LogP contribution in [0.2, 0.25) is 0 Å². The number of ether oxygens (including phenoxy) is 2. The van der Waals surface area contributed by atoms with Crippen molar-refractivity contribution in [1.82, 2.24) is 0 Å². The van der Waals surface area contributed by atoms with Gasteiger partial charge in [-0.25, -0.2) is 0 Å². The fourth-order valence-corrected chi connectivity index (χ4v) is 2.82. The lowest BCUT2D eigenvalue weighted by atomic mass is 10.2. The van der Waals surface area contributed by atoms with E-state index >= 15 is 0 Å². The van der Waals surface area contributed by atoms with Crippen LogP contribution in [-0.2, 0) is 9.53 Å². The third kappa shape index (κ3) is 5.08. The van der Waals surface area contributed by atoms with Gasteiger partial charge in [0.1, 0.15) is 12.4 Å². The summed E-state index contributed by atoms with van der Waals surface area (Å²) < 4.78 is 11.2. The molecule has 3 rings (SSSR count).